The SMILES string of the molecule is COc1ccc(-c2coc3cc(O[C@H]4O[C@@H](CO)[C@@H](O)[C@@H](O)[C@@H]4O)ccc3c2=O)cc1. The fourth-order valence-corrected chi connectivity index (χ4v) is 3.45. The van der Waals surface area contributed by atoms with Crippen molar-refractivity contribution >= 4 is 11.0 Å². The molecule has 0 spiro atoms. The van der Waals surface area contributed by atoms with Crippen LogP contribution >= 0.6 is 0 Å². The zero-order chi connectivity index (χ0) is 22.1. The minimum absolute atomic E-state index is 0.206. The Morgan fingerprint density at radius 1 is 0.968 bits per heavy atom. The molecule has 0 radical (unpaired) electrons. The minimum Gasteiger partial charge on any atom is -0.497 e. The fraction of sp³-hybridized carbons (Fsp3) is 0.318. The summed E-state index contributed by atoms with van der Waals surface area (Å²) in [7, 11) is 1.56. The second kappa shape index (κ2) is 8.66. The largest absolute Gasteiger partial charge is 0.497 e. The number of benzene rings is 2. The highest BCUT2D eigenvalue weighted by Crippen LogP contribution is 2.28. The lowest BCUT2D eigenvalue weighted by Gasteiger charge is -2.39. The van der Waals surface area contributed by atoms with Crippen molar-refractivity contribution in [3.05, 3.63) is 59.0 Å². The molecule has 1 aliphatic rings. The number of methoxy groups -OCH3 is 1. The van der Waals surface area contributed by atoms with E-state index in [1.807, 2.05) is 0 Å². The Morgan fingerprint density at radius 3 is 2.35 bits per heavy atom. The van der Waals surface area contributed by atoms with Gasteiger partial charge in [-0.1, -0.05) is 12.1 Å². The zero-order valence-corrected chi connectivity index (χ0v) is 16.5. The summed E-state index contributed by atoms with van der Waals surface area (Å²) in [5, 5.41) is 39.5. The summed E-state index contributed by atoms with van der Waals surface area (Å²) in [6.07, 6.45) is -5.65. The molecular formula is C22H22O9. The second-order valence-electron chi connectivity index (χ2n) is 7.18. The van der Waals surface area contributed by atoms with Crippen LogP contribution in [0.3, 0.4) is 0 Å². The van der Waals surface area contributed by atoms with E-state index in [1.54, 1.807) is 31.4 Å². The maximum Gasteiger partial charge on any atom is 0.229 e. The summed E-state index contributed by atoms with van der Waals surface area (Å²) < 4.78 is 21.7. The predicted octanol–water partition coefficient (Wildman–Crippen LogP) is 0.647. The molecule has 9 heteroatoms. The maximum absolute atomic E-state index is 12.9. The molecule has 0 amide bonds. The van der Waals surface area contributed by atoms with E-state index in [2.05, 4.69) is 0 Å². The van der Waals surface area contributed by atoms with Crippen LogP contribution in [0.15, 0.2) is 57.9 Å². The van der Waals surface area contributed by atoms with Crippen LogP contribution in [0.25, 0.3) is 22.1 Å². The highest BCUT2D eigenvalue weighted by molar-refractivity contribution is 5.82. The van der Waals surface area contributed by atoms with Crippen LogP contribution in [0.2, 0.25) is 0 Å². The molecule has 0 saturated carbocycles. The number of fused-ring (bicyclic) bond motifs is 1. The minimum atomic E-state index is -1.55. The van der Waals surface area contributed by atoms with Crippen molar-refractivity contribution in [2.24, 2.45) is 0 Å². The third-order valence-corrected chi connectivity index (χ3v) is 5.25. The van der Waals surface area contributed by atoms with Crippen LogP contribution in [0.5, 0.6) is 11.5 Å². The molecule has 0 unspecified atom stereocenters. The molecule has 4 N–H and O–H groups in total. The number of rotatable bonds is 5. The van der Waals surface area contributed by atoms with Gasteiger partial charge in [0, 0.05) is 6.07 Å². The number of hydrogen-bond acceptors (Lipinski definition) is 9. The Balaban J connectivity index is 1.61. The lowest BCUT2D eigenvalue weighted by Crippen LogP contribution is -2.60. The second-order valence-corrected chi connectivity index (χ2v) is 7.18. The van der Waals surface area contributed by atoms with Gasteiger partial charge in [0.15, 0.2) is 5.43 Å². The Morgan fingerprint density at radius 2 is 1.68 bits per heavy atom. The molecular weight excluding hydrogens is 408 g/mol. The molecule has 9 nitrogen and oxygen atoms in total. The normalized spacial score (nSPS) is 26.0. The fourth-order valence-electron chi connectivity index (χ4n) is 3.45. The van der Waals surface area contributed by atoms with Gasteiger partial charge in [0.05, 0.1) is 24.7 Å². The molecule has 2 aromatic carbocycles. The summed E-state index contributed by atoms with van der Waals surface area (Å²) in [5.74, 6) is 0.876. The lowest BCUT2D eigenvalue weighted by molar-refractivity contribution is -0.277. The molecule has 4 rings (SSSR count). The summed E-state index contributed by atoms with van der Waals surface area (Å²) in [5.41, 5.74) is 1.09. The van der Waals surface area contributed by atoms with Gasteiger partial charge in [-0.15, -0.1) is 0 Å². The monoisotopic (exact) mass is 430 g/mol. The van der Waals surface area contributed by atoms with Gasteiger partial charge in [0.2, 0.25) is 6.29 Å². The molecule has 1 aromatic heterocycles. The van der Waals surface area contributed by atoms with E-state index >= 15 is 0 Å². The smallest absolute Gasteiger partial charge is 0.229 e. The molecule has 0 aliphatic carbocycles. The van der Waals surface area contributed by atoms with Gasteiger partial charge in [-0.25, -0.2) is 0 Å². The van der Waals surface area contributed by atoms with Crippen LogP contribution in [-0.4, -0.2) is 64.8 Å². The number of hydrogen-bond donors (Lipinski definition) is 4. The zero-order valence-electron chi connectivity index (χ0n) is 16.5. The molecule has 31 heavy (non-hydrogen) atoms. The van der Waals surface area contributed by atoms with E-state index in [4.69, 9.17) is 18.6 Å². The number of aliphatic hydroxyl groups is 4. The van der Waals surface area contributed by atoms with Gasteiger partial charge in [-0.3, -0.25) is 4.79 Å². The van der Waals surface area contributed by atoms with Crippen molar-refractivity contribution in [2.75, 3.05) is 13.7 Å². The van der Waals surface area contributed by atoms with Crippen molar-refractivity contribution < 1.29 is 39.1 Å². The topological polar surface area (TPSA) is 139 Å². The van der Waals surface area contributed by atoms with E-state index in [9.17, 15) is 25.2 Å². The van der Waals surface area contributed by atoms with E-state index in [0.717, 1.165) is 0 Å². The lowest BCUT2D eigenvalue weighted by atomic mass is 9.99. The Hall–Kier alpha value is -2.95. The molecule has 3 aromatic rings. The van der Waals surface area contributed by atoms with Gasteiger partial charge in [0.25, 0.3) is 0 Å². The maximum atomic E-state index is 12.9. The molecule has 5 atom stereocenters. The van der Waals surface area contributed by atoms with Gasteiger partial charge >= 0.3 is 0 Å². The van der Waals surface area contributed by atoms with Gasteiger partial charge in [-0.2, -0.15) is 0 Å². The molecule has 2 heterocycles. The first-order valence-corrected chi connectivity index (χ1v) is 9.60. The first-order valence-electron chi connectivity index (χ1n) is 9.60. The summed E-state index contributed by atoms with van der Waals surface area (Å²) in [6.45, 7) is -0.564. The molecule has 1 aliphatic heterocycles. The quantitative estimate of drug-likeness (QED) is 0.459. The molecule has 0 bridgehead atoms. The van der Waals surface area contributed by atoms with Gasteiger partial charge in [-0.05, 0) is 29.8 Å². The standard InChI is InChI=1S/C22H22O9/c1-28-12-4-2-11(3-5-12)15-10-29-16-8-13(6-7-14(16)18(15)24)30-22-21(27)20(26)19(25)17(9-23)31-22/h2-8,10,17,19-23,25-27H,9H2,1H3/t17-,19+,20+,21-,22-/m0/s1. The Labute approximate surface area is 176 Å². The van der Waals surface area contributed by atoms with E-state index in [1.165, 1.54) is 24.5 Å². The predicted molar refractivity (Wildman–Crippen MR) is 109 cm³/mol. The first kappa shape index (κ1) is 21.3. The average molecular weight is 430 g/mol. The highest BCUT2D eigenvalue weighted by atomic mass is 16.7. The van der Waals surface area contributed by atoms with Crippen molar-refractivity contribution in [1.29, 1.82) is 0 Å². The molecule has 164 valence electrons. The Bertz CT molecular complexity index is 1110. The van der Waals surface area contributed by atoms with Crippen LogP contribution in [0.4, 0.5) is 0 Å². The van der Waals surface area contributed by atoms with Crippen LogP contribution in [0, 0.1) is 0 Å². The van der Waals surface area contributed by atoms with E-state index in [0.29, 0.717) is 22.3 Å². The highest BCUT2D eigenvalue weighted by Gasteiger charge is 2.44. The third kappa shape index (κ3) is 4.01. The van der Waals surface area contributed by atoms with E-state index < -0.39 is 37.3 Å². The van der Waals surface area contributed by atoms with Crippen LogP contribution < -0.4 is 14.9 Å². The average Bonchev–Trinajstić information content (AvgIpc) is 2.80. The van der Waals surface area contributed by atoms with Gasteiger partial charge < -0.3 is 39.1 Å². The van der Waals surface area contributed by atoms with Crippen molar-refractivity contribution in [3.63, 3.8) is 0 Å². The summed E-state index contributed by atoms with van der Waals surface area (Å²) in [4.78, 5) is 12.9. The third-order valence-electron chi connectivity index (χ3n) is 5.25. The number of aliphatic hydroxyl groups excluding tert-OH is 4. The van der Waals surface area contributed by atoms with Crippen molar-refractivity contribution in [1.82, 2.24) is 0 Å². The van der Waals surface area contributed by atoms with E-state index in [-0.39, 0.29) is 16.8 Å². The van der Waals surface area contributed by atoms with Gasteiger partial charge in [0.1, 0.15) is 47.8 Å². The summed E-state index contributed by atoms with van der Waals surface area (Å²) >= 11 is 0. The molecule has 1 saturated heterocycles. The summed E-state index contributed by atoms with van der Waals surface area (Å²) in [6, 6.07) is 11.5. The first-order chi connectivity index (χ1) is 14.9. The van der Waals surface area contributed by atoms with Crippen molar-refractivity contribution in [3.8, 4) is 22.6 Å². The van der Waals surface area contributed by atoms with Crippen LogP contribution in [0.1, 0.15) is 0 Å². The Kier molecular flexibility index (Phi) is 5.94. The molecule has 1 fully saturated rings. The number of ether oxygens (including phenoxy) is 3. The van der Waals surface area contributed by atoms with Crippen LogP contribution in [-0.2, 0) is 4.74 Å². The van der Waals surface area contributed by atoms with Crippen molar-refractivity contribution in [2.45, 2.75) is 30.7 Å².